The van der Waals surface area contributed by atoms with Crippen molar-refractivity contribution >= 4 is 0 Å². The maximum atomic E-state index is 13.7. The predicted molar refractivity (Wildman–Crippen MR) is 88.0 cm³/mol. The van der Waals surface area contributed by atoms with E-state index in [-0.39, 0.29) is 11.9 Å². The van der Waals surface area contributed by atoms with E-state index in [0.717, 1.165) is 29.7 Å². The van der Waals surface area contributed by atoms with Gasteiger partial charge in [0.05, 0.1) is 0 Å². The Morgan fingerprint density at radius 3 is 2.48 bits per heavy atom. The van der Waals surface area contributed by atoms with Crippen LogP contribution in [0.15, 0.2) is 36.4 Å². The Labute approximate surface area is 127 Å². The molecule has 0 saturated heterocycles. The number of hydrogen-bond acceptors (Lipinski definition) is 1. The zero-order valence-electron chi connectivity index (χ0n) is 13.3. The Bertz CT molecular complexity index is 619. The lowest BCUT2D eigenvalue weighted by molar-refractivity contribution is 0.569. The zero-order valence-corrected chi connectivity index (χ0v) is 13.3. The van der Waals surface area contributed by atoms with E-state index in [1.807, 2.05) is 6.07 Å². The third kappa shape index (κ3) is 3.70. The maximum absolute atomic E-state index is 13.7. The molecule has 0 spiro atoms. The summed E-state index contributed by atoms with van der Waals surface area (Å²) >= 11 is 0. The average molecular weight is 285 g/mol. The number of halogens is 1. The van der Waals surface area contributed by atoms with E-state index in [0.29, 0.717) is 0 Å². The minimum atomic E-state index is -0.185. The second kappa shape index (κ2) is 6.86. The molecule has 112 valence electrons. The molecule has 1 nitrogen and oxygen atoms in total. The normalized spacial score (nSPS) is 12.4. The Hall–Kier alpha value is -1.67. The molecule has 0 aliphatic heterocycles. The van der Waals surface area contributed by atoms with Crippen molar-refractivity contribution in [2.45, 2.75) is 40.2 Å². The molecule has 0 heterocycles. The summed E-state index contributed by atoms with van der Waals surface area (Å²) in [5, 5.41) is 3.48. The standard InChI is InChI=1S/C19H24FN/c1-5-10-21-15(4)18-9-8-17(20)12-19(18)16-7-6-13(2)14(3)11-16/h6-9,11-12,15,21H,5,10H2,1-4H3. The van der Waals surface area contributed by atoms with Gasteiger partial charge in [-0.3, -0.25) is 0 Å². The SMILES string of the molecule is CCCNC(C)c1ccc(F)cc1-c1ccc(C)c(C)c1. The smallest absolute Gasteiger partial charge is 0.123 e. The van der Waals surface area contributed by atoms with Crippen molar-refractivity contribution in [2.24, 2.45) is 0 Å². The van der Waals surface area contributed by atoms with Crippen molar-refractivity contribution in [2.75, 3.05) is 6.54 Å². The van der Waals surface area contributed by atoms with Crippen LogP contribution in [0.2, 0.25) is 0 Å². The third-order valence-corrected chi connectivity index (χ3v) is 4.00. The Morgan fingerprint density at radius 1 is 1.05 bits per heavy atom. The largest absolute Gasteiger partial charge is 0.310 e. The highest BCUT2D eigenvalue weighted by molar-refractivity contribution is 5.69. The van der Waals surface area contributed by atoms with Gasteiger partial charge < -0.3 is 5.32 Å². The van der Waals surface area contributed by atoms with Crippen molar-refractivity contribution in [1.29, 1.82) is 0 Å². The summed E-state index contributed by atoms with van der Waals surface area (Å²) in [4.78, 5) is 0. The molecule has 1 unspecified atom stereocenters. The Morgan fingerprint density at radius 2 is 1.81 bits per heavy atom. The lowest BCUT2D eigenvalue weighted by Gasteiger charge is -2.19. The quantitative estimate of drug-likeness (QED) is 0.799. The molecule has 0 amide bonds. The van der Waals surface area contributed by atoms with Gasteiger partial charge in [-0.1, -0.05) is 31.2 Å². The summed E-state index contributed by atoms with van der Waals surface area (Å²) < 4.78 is 13.7. The molecule has 0 bridgehead atoms. The van der Waals surface area contributed by atoms with Gasteiger partial charge in [-0.15, -0.1) is 0 Å². The molecule has 2 rings (SSSR count). The molecule has 0 aliphatic rings. The topological polar surface area (TPSA) is 12.0 Å². The average Bonchev–Trinajstić information content (AvgIpc) is 2.47. The van der Waals surface area contributed by atoms with Crippen LogP contribution in [0.25, 0.3) is 11.1 Å². The van der Waals surface area contributed by atoms with Gasteiger partial charge in [0.2, 0.25) is 0 Å². The lowest BCUT2D eigenvalue weighted by Crippen LogP contribution is -2.20. The minimum absolute atomic E-state index is 0.185. The monoisotopic (exact) mass is 285 g/mol. The number of benzene rings is 2. The van der Waals surface area contributed by atoms with Crippen LogP contribution in [0.3, 0.4) is 0 Å². The molecule has 2 aromatic carbocycles. The summed E-state index contributed by atoms with van der Waals surface area (Å²) in [7, 11) is 0. The summed E-state index contributed by atoms with van der Waals surface area (Å²) in [6.45, 7) is 9.43. The molecule has 0 fully saturated rings. The van der Waals surface area contributed by atoms with Gasteiger partial charge >= 0.3 is 0 Å². The molecule has 21 heavy (non-hydrogen) atoms. The maximum Gasteiger partial charge on any atom is 0.123 e. The van der Waals surface area contributed by atoms with Gasteiger partial charge in [-0.05, 0) is 73.7 Å². The van der Waals surface area contributed by atoms with Gasteiger partial charge in [-0.2, -0.15) is 0 Å². The van der Waals surface area contributed by atoms with E-state index in [1.165, 1.54) is 11.1 Å². The van der Waals surface area contributed by atoms with Gasteiger partial charge in [0.25, 0.3) is 0 Å². The van der Waals surface area contributed by atoms with Crippen molar-refractivity contribution < 1.29 is 4.39 Å². The summed E-state index contributed by atoms with van der Waals surface area (Å²) in [5.41, 5.74) is 5.70. The van der Waals surface area contributed by atoms with Crippen molar-refractivity contribution in [3.8, 4) is 11.1 Å². The van der Waals surface area contributed by atoms with Gasteiger partial charge in [0, 0.05) is 6.04 Å². The fraction of sp³-hybridized carbons (Fsp3) is 0.368. The highest BCUT2D eigenvalue weighted by Gasteiger charge is 2.13. The first-order valence-corrected chi connectivity index (χ1v) is 7.63. The number of nitrogens with one attached hydrogen (secondary N) is 1. The van der Waals surface area contributed by atoms with Crippen molar-refractivity contribution in [3.05, 3.63) is 58.9 Å². The van der Waals surface area contributed by atoms with Crippen molar-refractivity contribution in [1.82, 2.24) is 5.32 Å². The van der Waals surface area contributed by atoms with Crippen LogP contribution in [-0.4, -0.2) is 6.54 Å². The van der Waals surface area contributed by atoms with Crippen LogP contribution in [0.4, 0.5) is 4.39 Å². The number of hydrogen-bond donors (Lipinski definition) is 1. The van der Waals surface area contributed by atoms with E-state index < -0.39 is 0 Å². The minimum Gasteiger partial charge on any atom is -0.310 e. The molecule has 0 aromatic heterocycles. The van der Waals surface area contributed by atoms with Crippen LogP contribution in [0.5, 0.6) is 0 Å². The van der Waals surface area contributed by atoms with Crippen LogP contribution in [-0.2, 0) is 0 Å². The van der Waals surface area contributed by atoms with Gasteiger partial charge in [0.15, 0.2) is 0 Å². The van der Waals surface area contributed by atoms with Gasteiger partial charge in [0.1, 0.15) is 5.82 Å². The Kier molecular flexibility index (Phi) is 5.13. The third-order valence-electron chi connectivity index (χ3n) is 4.00. The highest BCUT2D eigenvalue weighted by atomic mass is 19.1. The van der Waals surface area contributed by atoms with E-state index in [2.05, 4.69) is 51.2 Å². The first-order valence-electron chi connectivity index (χ1n) is 7.63. The fourth-order valence-corrected chi connectivity index (χ4v) is 2.54. The Balaban J connectivity index is 2.45. The number of aryl methyl sites for hydroxylation is 2. The highest BCUT2D eigenvalue weighted by Crippen LogP contribution is 2.30. The molecule has 1 N–H and O–H groups in total. The van der Waals surface area contributed by atoms with Crippen LogP contribution in [0.1, 0.15) is 43.0 Å². The molecule has 2 heteroatoms. The first-order chi connectivity index (χ1) is 10.0. The van der Waals surface area contributed by atoms with E-state index >= 15 is 0 Å². The molecule has 0 radical (unpaired) electrons. The summed E-state index contributed by atoms with van der Waals surface area (Å²) in [5.74, 6) is -0.185. The number of rotatable bonds is 5. The first kappa shape index (κ1) is 15.7. The van der Waals surface area contributed by atoms with E-state index in [9.17, 15) is 4.39 Å². The molecule has 0 aliphatic carbocycles. The molecule has 0 saturated carbocycles. The van der Waals surface area contributed by atoms with Gasteiger partial charge in [-0.25, -0.2) is 4.39 Å². The molecule has 2 aromatic rings. The second-order valence-electron chi connectivity index (χ2n) is 5.71. The fourth-order valence-electron chi connectivity index (χ4n) is 2.54. The van der Waals surface area contributed by atoms with Crippen LogP contribution in [0, 0.1) is 19.7 Å². The van der Waals surface area contributed by atoms with Crippen LogP contribution < -0.4 is 5.32 Å². The molecular formula is C19H24FN. The lowest BCUT2D eigenvalue weighted by atomic mass is 9.93. The summed E-state index contributed by atoms with van der Waals surface area (Å²) in [6, 6.07) is 11.6. The van der Waals surface area contributed by atoms with E-state index in [1.54, 1.807) is 12.1 Å². The molecule has 1 atom stereocenters. The zero-order chi connectivity index (χ0) is 15.4. The predicted octanol–water partition coefficient (Wildman–Crippen LogP) is 5.17. The van der Waals surface area contributed by atoms with Crippen LogP contribution >= 0.6 is 0 Å². The van der Waals surface area contributed by atoms with Crippen molar-refractivity contribution in [3.63, 3.8) is 0 Å². The van der Waals surface area contributed by atoms with E-state index in [4.69, 9.17) is 0 Å². The molecular weight excluding hydrogens is 261 g/mol. The summed E-state index contributed by atoms with van der Waals surface area (Å²) in [6.07, 6.45) is 1.09. The second-order valence-corrected chi connectivity index (χ2v) is 5.71.